The minimum Gasteiger partial charge on any atom is -0.491 e. The number of anilines is 2. The van der Waals surface area contributed by atoms with Crippen LogP contribution in [0, 0.1) is 12.7 Å². The summed E-state index contributed by atoms with van der Waals surface area (Å²) in [5, 5.41) is 15.0. The number of aliphatic hydroxyl groups is 1. The molecule has 1 aromatic heterocycles. The maximum absolute atomic E-state index is 14.3. The van der Waals surface area contributed by atoms with Crippen molar-refractivity contribution in [1.29, 1.82) is 0 Å². The summed E-state index contributed by atoms with van der Waals surface area (Å²) in [6, 6.07) is 4.46. The highest BCUT2D eigenvalue weighted by Crippen LogP contribution is 2.28. The highest BCUT2D eigenvalue weighted by Gasteiger charge is 2.18. The Kier molecular flexibility index (Phi) is 6.19. The van der Waals surface area contributed by atoms with E-state index >= 15 is 0 Å². The van der Waals surface area contributed by atoms with Gasteiger partial charge in [-0.1, -0.05) is 0 Å². The average molecular weight is 362 g/mol. The van der Waals surface area contributed by atoms with Gasteiger partial charge in [0.1, 0.15) is 36.4 Å². The van der Waals surface area contributed by atoms with Gasteiger partial charge in [-0.15, -0.1) is 0 Å². The fraction of sp³-hybridized carbons (Fsp3) is 0.444. The third-order valence-electron chi connectivity index (χ3n) is 4.16. The minimum absolute atomic E-state index is 0.120. The monoisotopic (exact) mass is 362 g/mol. The Balaban J connectivity index is 1.72. The predicted octanol–water partition coefficient (Wildman–Crippen LogP) is 2.17. The van der Waals surface area contributed by atoms with Crippen molar-refractivity contribution in [1.82, 2.24) is 15.3 Å². The van der Waals surface area contributed by atoms with Crippen LogP contribution in [0.3, 0.4) is 0 Å². The summed E-state index contributed by atoms with van der Waals surface area (Å²) in [5.41, 5.74) is 1.00. The molecule has 0 spiro atoms. The highest BCUT2D eigenvalue weighted by molar-refractivity contribution is 5.62. The molecule has 26 heavy (non-hydrogen) atoms. The van der Waals surface area contributed by atoms with E-state index in [4.69, 9.17) is 14.6 Å². The molecule has 1 aliphatic rings. The van der Waals surface area contributed by atoms with E-state index in [1.807, 2.05) is 6.92 Å². The normalized spacial score (nSPS) is 14.9. The number of hydrogen-bond donors (Lipinski definition) is 3. The van der Waals surface area contributed by atoms with Gasteiger partial charge in [-0.2, -0.15) is 0 Å². The van der Waals surface area contributed by atoms with Crippen LogP contribution in [0.15, 0.2) is 24.5 Å². The number of hydrogen-bond acceptors (Lipinski definition) is 7. The molecule has 8 heteroatoms. The van der Waals surface area contributed by atoms with Crippen LogP contribution in [0.2, 0.25) is 0 Å². The van der Waals surface area contributed by atoms with Crippen molar-refractivity contribution in [3.05, 3.63) is 35.9 Å². The second kappa shape index (κ2) is 8.77. The molecule has 1 aliphatic heterocycles. The van der Waals surface area contributed by atoms with Crippen molar-refractivity contribution in [2.24, 2.45) is 0 Å². The summed E-state index contributed by atoms with van der Waals surface area (Å²) >= 11 is 0. The molecule has 0 bridgehead atoms. The fourth-order valence-electron chi connectivity index (χ4n) is 2.73. The first-order valence-corrected chi connectivity index (χ1v) is 8.66. The van der Waals surface area contributed by atoms with Crippen LogP contribution in [-0.4, -0.2) is 47.5 Å². The number of nitrogens with one attached hydrogen (secondary N) is 2. The first kappa shape index (κ1) is 18.3. The quantitative estimate of drug-likeness (QED) is 0.696. The Hall–Kier alpha value is -2.45. The number of halogens is 1. The van der Waals surface area contributed by atoms with Gasteiger partial charge < -0.3 is 25.2 Å². The lowest BCUT2D eigenvalue weighted by molar-refractivity contribution is 0.154. The van der Waals surface area contributed by atoms with Gasteiger partial charge in [0, 0.05) is 6.07 Å². The number of piperidine rings is 1. The lowest BCUT2D eigenvalue weighted by Gasteiger charge is -2.24. The zero-order chi connectivity index (χ0) is 18.4. The van der Waals surface area contributed by atoms with E-state index in [0.29, 0.717) is 17.4 Å². The zero-order valence-electron chi connectivity index (χ0n) is 14.7. The van der Waals surface area contributed by atoms with Crippen LogP contribution in [0.5, 0.6) is 11.6 Å². The van der Waals surface area contributed by atoms with Crippen molar-refractivity contribution in [3.63, 3.8) is 0 Å². The molecule has 3 rings (SSSR count). The van der Waals surface area contributed by atoms with Crippen molar-refractivity contribution < 1.29 is 19.0 Å². The van der Waals surface area contributed by atoms with Gasteiger partial charge in [0.05, 0.1) is 17.9 Å². The zero-order valence-corrected chi connectivity index (χ0v) is 14.7. The van der Waals surface area contributed by atoms with Crippen LogP contribution in [0.1, 0.15) is 18.4 Å². The number of aliphatic hydroxyl groups excluding tert-OH is 1. The molecule has 7 nitrogen and oxygen atoms in total. The average Bonchev–Trinajstić information content (AvgIpc) is 2.66. The summed E-state index contributed by atoms with van der Waals surface area (Å²) < 4.78 is 25.5. The number of benzene rings is 1. The Labute approximate surface area is 151 Å². The Morgan fingerprint density at radius 2 is 2.12 bits per heavy atom. The van der Waals surface area contributed by atoms with E-state index < -0.39 is 5.82 Å². The summed E-state index contributed by atoms with van der Waals surface area (Å²) in [5.74, 6) is 0.889. The molecule has 2 heterocycles. The number of nitrogens with zero attached hydrogens (tertiary/aromatic N) is 2. The lowest BCUT2D eigenvalue weighted by atomic mass is 10.1. The third-order valence-corrected chi connectivity index (χ3v) is 4.16. The number of ether oxygens (including phenoxy) is 2. The first-order chi connectivity index (χ1) is 12.7. The molecular weight excluding hydrogens is 339 g/mol. The van der Waals surface area contributed by atoms with Crippen molar-refractivity contribution in [2.45, 2.75) is 25.9 Å². The van der Waals surface area contributed by atoms with E-state index in [0.717, 1.165) is 31.5 Å². The lowest BCUT2D eigenvalue weighted by Crippen LogP contribution is -2.34. The second-order valence-electron chi connectivity index (χ2n) is 6.06. The molecule has 0 amide bonds. The maximum Gasteiger partial charge on any atom is 0.221 e. The molecule has 1 aromatic carbocycles. The molecule has 0 saturated carbocycles. The van der Waals surface area contributed by atoms with Crippen molar-refractivity contribution in [2.75, 3.05) is 31.6 Å². The largest absolute Gasteiger partial charge is 0.491 e. The van der Waals surface area contributed by atoms with Gasteiger partial charge in [-0.25, -0.2) is 14.4 Å². The van der Waals surface area contributed by atoms with E-state index in [9.17, 15) is 4.39 Å². The topological polar surface area (TPSA) is 88.5 Å². The Morgan fingerprint density at radius 3 is 2.85 bits per heavy atom. The van der Waals surface area contributed by atoms with Crippen LogP contribution in [-0.2, 0) is 0 Å². The van der Waals surface area contributed by atoms with E-state index in [1.165, 1.54) is 12.4 Å². The van der Waals surface area contributed by atoms with E-state index in [-0.39, 0.29) is 25.0 Å². The molecular formula is C18H23FN4O3. The molecule has 0 radical (unpaired) electrons. The number of aromatic nitrogens is 2. The Morgan fingerprint density at radius 1 is 1.31 bits per heavy atom. The first-order valence-electron chi connectivity index (χ1n) is 8.66. The summed E-state index contributed by atoms with van der Waals surface area (Å²) in [7, 11) is 0. The number of rotatable bonds is 7. The molecule has 2 aromatic rings. The summed E-state index contributed by atoms with van der Waals surface area (Å²) in [6.45, 7) is 3.69. The van der Waals surface area contributed by atoms with Gasteiger partial charge in [0.25, 0.3) is 0 Å². The van der Waals surface area contributed by atoms with Crippen LogP contribution < -0.4 is 20.1 Å². The van der Waals surface area contributed by atoms with Crippen LogP contribution >= 0.6 is 0 Å². The van der Waals surface area contributed by atoms with Gasteiger partial charge in [0.15, 0.2) is 0 Å². The van der Waals surface area contributed by atoms with E-state index in [2.05, 4.69) is 20.6 Å². The molecule has 1 fully saturated rings. The van der Waals surface area contributed by atoms with E-state index in [1.54, 1.807) is 12.1 Å². The summed E-state index contributed by atoms with van der Waals surface area (Å²) in [4.78, 5) is 8.41. The van der Waals surface area contributed by atoms with Crippen molar-refractivity contribution in [3.8, 4) is 11.6 Å². The predicted molar refractivity (Wildman–Crippen MR) is 95.6 cm³/mol. The molecule has 0 atom stereocenters. The SMILES string of the molecule is Cc1c(Nc2ccc(OCCO)cc2F)ncnc1OC1CCNCC1. The summed E-state index contributed by atoms with van der Waals surface area (Å²) in [6.07, 6.45) is 3.38. The minimum atomic E-state index is -0.473. The molecule has 140 valence electrons. The van der Waals surface area contributed by atoms with Gasteiger partial charge in [0.2, 0.25) is 5.88 Å². The molecule has 3 N–H and O–H groups in total. The standard InChI is InChI=1S/C18H23FN4O3/c1-12-17(21-11-22-18(12)26-13-4-6-20-7-5-13)23-16-3-2-14(10-15(16)19)25-9-8-24/h2-3,10-11,13,20,24H,4-9H2,1H3,(H,21,22,23). The highest BCUT2D eigenvalue weighted by atomic mass is 19.1. The Bertz CT molecular complexity index is 738. The van der Waals surface area contributed by atoms with Gasteiger partial charge in [-0.3, -0.25) is 0 Å². The maximum atomic E-state index is 14.3. The second-order valence-corrected chi connectivity index (χ2v) is 6.06. The van der Waals surface area contributed by atoms with Crippen LogP contribution in [0.25, 0.3) is 0 Å². The smallest absolute Gasteiger partial charge is 0.221 e. The van der Waals surface area contributed by atoms with Crippen LogP contribution in [0.4, 0.5) is 15.9 Å². The van der Waals surface area contributed by atoms with Gasteiger partial charge >= 0.3 is 0 Å². The van der Waals surface area contributed by atoms with Crippen molar-refractivity contribution >= 4 is 11.5 Å². The molecule has 0 unspecified atom stereocenters. The third kappa shape index (κ3) is 4.59. The van der Waals surface area contributed by atoms with Gasteiger partial charge in [-0.05, 0) is 45.0 Å². The fourth-order valence-corrected chi connectivity index (χ4v) is 2.73. The molecule has 1 saturated heterocycles. The molecule has 0 aliphatic carbocycles.